The second-order valence-corrected chi connectivity index (χ2v) is 4.82. The van der Waals surface area contributed by atoms with Crippen molar-refractivity contribution in [1.29, 1.82) is 0 Å². The molecular formula is C13H6BrF3N2. The van der Waals surface area contributed by atoms with E-state index in [-0.39, 0.29) is 11.3 Å². The van der Waals surface area contributed by atoms with Crippen molar-refractivity contribution < 1.29 is 13.2 Å². The maximum absolute atomic E-state index is 13.6. The zero-order valence-electron chi connectivity index (χ0n) is 9.35. The van der Waals surface area contributed by atoms with Crippen molar-refractivity contribution in [3.63, 3.8) is 0 Å². The van der Waals surface area contributed by atoms with Crippen LogP contribution >= 0.6 is 15.9 Å². The summed E-state index contributed by atoms with van der Waals surface area (Å²) in [5.74, 6) is -2.16. The van der Waals surface area contributed by atoms with E-state index in [1.165, 1.54) is 24.3 Å². The van der Waals surface area contributed by atoms with Gasteiger partial charge in [-0.15, -0.1) is 0 Å². The van der Waals surface area contributed by atoms with Crippen LogP contribution in [0, 0.1) is 17.5 Å². The summed E-state index contributed by atoms with van der Waals surface area (Å²) in [4.78, 5) is 6.81. The highest BCUT2D eigenvalue weighted by atomic mass is 79.9. The number of hydrogen-bond donors (Lipinski definition) is 1. The number of nitrogens with zero attached hydrogens (tertiary/aromatic N) is 1. The lowest BCUT2D eigenvalue weighted by atomic mass is 10.2. The molecule has 0 atom stereocenters. The Morgan fingerprint density at radius 3 is 2.63 bits per heavy atom. The number of aromatic amines is 1. The second kappa shape index (κ2) is 4.38. The van der Waals surface area contributed by atoms with Crippen molar-refractivity contribution in [2.24, 2.45) is 0 Å². The highest BCUT2D eigenvalue weighted by Crippen LogP contribution is 2.29. The number of imidazole rings is 1. The van der Waals surface area contributed by atoms with Crippen LogP contribution in [0.1, 0.15) is 0 Å². The Bertz CT molecular complexity index is 783. The molecule has 0 amide bonds. The van der Waals surface area contributed by atoms with Crippen LogP contribution < -0.4 is 0 Å². The average Bonchev–Trinajstić information content (AvgIpc) is 2.81. The number of rotatable bonds is 1. The quantitative estimate of drug-likeness (QED) is 0.705. The zero-order valence-corrected chi connectivity index (χ0v) is 10.9. The van der Waals surface area contributed by atoms with E-state index in [1.807, 2.05) is 0 Å². The monoisotopic (exact) mass is 326 g/mol. The number of fused-ring (bicyclic) bond motifs is 1. The summed E-state index contributed by atoms with van der Waals surface area (Å²) in [7, 11) is 0. The predicted molar refractivity (Wildman–Crippen MR) is 69.1 cm³/mol. The fourth-order valence-corrected chi connectivity index (χ4v) is 2.26. The van der Waals surface area contributed by atoms with E-state index in [0.717, 1.165) is 6.07 Å². The van der Waals surface area contributed by atoms with Gasteiger partial charge in [-0.05, 0) is 30.3 Å². The molecule has 96 valence electrons. The van der Waals surface area contributed by atoms with E-state index >= 15 is 0 Å². The standard InChI is InChI=1S/C13H6BrF3N2/c14-8-2-1-6(15)5-7(8)13-18-10-4-3-9(16)11(17)12(10)19-13/h1-5H,(H,18,19). The van der Waals surface area contributed by atoms with E-state index in [9.17, 15) is 13.2 Å². The van der Waals surface area contributed by atoms with Crippen LogP contribution in [0.2, 0.25) is 0 Å². The Hall–Kier alpha value is -1.82. The molecule has 0 aliphatic rings. The van der Waals surface area contributed by atoms with Crippen LogP contribution in [0.25, 0.3) is 22.4 Å². The molecule has 0 saturated heterocycles. The molecule has 1 aromatic heterocycles. The summed E-state index contributed by atoms with van der Waals surface area (Å²) >= 11 is 3.26. The van der Waals surface area contributed by atoms with Gasteiger partial charge in [0, 0.05) is 10.0 Å². The fraction of sp³-hybridized carbons (Fsp3) is 0. The number of nitrogens with one attached hydrogen (secondary N) is 1. The molecule has 3 rings (SSSR count). The lowest BCUT2D eigenvalue weighted by molar-refractivity contribution is 0.515. The molecule has 0 aliphatic carbocycles. The van der Waals surface area contributed by atoms with Gasteiger partial charge >= 0.3 is 0 Å². The smallest absolute Gasteiger partial charge is 0.186 e. The summed E-state index contributed by atoms with van der Waals surface area (Å²) in [5.41, 5.74) is 0.687. The van der Waals surface area contributed by atoms with Crippen molar-refractivity contribution in [2.45, 2.75) is 0 Å². The number of halogens is 4. The highest BCUT2D eigenvalue weighted by molar-refractivity contribution is 9.10. The Labute approximate surface area is 114 Å². The second-order valence-electron chi connectivity index (χ2n) is 3.97. The third-order valence-corrected chi connectivity index (χ3v) is 3.42. The van der Waals surface area contributed by atoms with E-state index in [0.29, 0.717) is 15.6 Å². The van der Waals surface area contributed by atoms with Gasteiger partial charge in [0.05, 0.1) is 5.52 Å². The molecule has 19 heavy (non-hydrogen) atoms. The van der Waals surface area contributed by atoms with Crippen molar-refractivity contribution in [1.82, 2.24) is 9.97 Å². The van der Waals surface area contributed by atoms with E-state index in [1.54, 1.807) is 0 Å². The molecule has 1 heterocycles. The highest BCUT2D eigenvalue weighted by Gasteiger charge is 2.14. The van der Waals surface area contributed by atoms with Crippen LogP contribution in [0.4, 0.5) is 13.2 Å². The summed E-state index contributed by atoms with van der Waals surface area (Å²) in [6.07, 6.45) is 0. The molecular weight excluding hydrogens is 321 g/mol. The van der Waals surface area contributed by atoms with Gasteiger partial charge in [0.25, 0.3) is 0 Å². The molecule has 2 nitrogen and oxygen atoms in total. The van der Waals surface area contributed by atoms with Crippen molar-refractivity contribution >= 4 is 27.0 Å². The predicted octanol–water partition coefficient (Wildman–Crippen LogP) is 4.41. The summed E-state index contributed by atoms with van der Waals surface area (Å²) < 4.78 is 40.5. The van der Waals surface area contributed by atoms with Gasteiger partial charge in [-0.2, -0.15) is 0 Å². The lowest BCUT2D eigenvalue weighted by Gasteiger charge is -2.00. The first kappa shape index (κ1) is 12.2. The first-order chi connectivity index (χ1) is 9.06. The molecule has 6 heteroatoms. The first-order valence-corrected chi connectivity index (χ1v) is 6.14. The molecule has 0 saturated carbocycles. The van der Waals surface area contributed by atoms with Gasteiger partial charge in [0.15, 0.2) is 11.6 Å². The molecule has 0 aliphatic heterocycles. The molecule has 0 fully saturated rings. The van der Waals surface area contributed by atoms with Gasteiger partial charge < -0.3 is 4.98 Å². The third kappa shape index (κ3) is 2.02. The van der Waals surface area contributed by atoms with Crippen LogP contribution in [0.3, 0.4) is 0 Å². The lowest BCUT2D eigenvalue weighted by Crippen LogP contribution is -1.85. The SMILES string of the molecule is Fc1ccc(Br)c(-c2nc3c(F)c(F)ccc3[nH]2)c1. The molecule has 3 aromatic rings. The minimum absolute atomic E-state index is 0.105. The number of benzene rings is 2. The molecule has 0 radical (unpaired) electrons. The largest absolute Gasteiger partial charge is 0.338 e. The van der Waals surface area contributed by atoms with Gasteiger partial charge in [0.1, 0.15) is 17.2 Å². The third-order valence-electron chi connectivity index (χ3n) is 2.73. The minimum Gasteiger partial charge on any atom is -0.338 e. The van der Waals surface area contributed by atoms with Gasteiger partial charge in [0.2, 0.25) is 0 Å². The first-order valence-electron chi connectivity index (χ1n) is 5.35. The number of aromatic nitrogens is 2. The molecule has 0 bridgehead atoms. The Morgan fingerprint density at radius 2 is 1.84 bits per heavy atom. The molecule has 0 spiro atoms. The average molecular weight is 327 g/mol. The molecule has 0 unspecified atom stereocenters. The number of hydrogen-bond acceptors (Lipinski definition) is 1. The Balaban J connectivity index is 2.26. The van der Waals surface area contributed by atoms with E-state index in [2.05, 4.69) is 25.9 Å². The van der Waals surface area contributed by atoms with Crippen molar-refractivity contribution in [3.05, 3.63) is 52.3 Å². The normalized spacial score (nSPS) is 11.2. The summed E-state index contributed by atoms with van der Waals surface area (Å²) in [6.45, 7) is 0. The molecule has 2 aromatic carbocycles. The van der Waals surface area contributed by atoms with Gasteiger partial charge in [-0.3, -0.25) is 0 Å². The minimum atomic E-state index is -1.02. The fourth-order valence-electron chi connectivity index (χ4n) is 1.82. The van der Waals surface area contributed by atoms with Crippen LogP contribution in [-0.2, 0) is 0 Å². The maximum atomic E-state index is 13.6. The van der Waals surface area contributed by atoms with Gasteiger partial charge in [-0.1, -0.05) is 15.9 Å². The topological polar surface area (TPSA) is 28.7 Å². The van der Waals surface area contributed by atoms with E-state index < -0.39 is 17.5 Å². The van der Waals surface area contributed by atoms with Crippen LogP contribution in [-0.4, -0.2) is 9.97 Å². The summed E-state index contributed by atoms with van der Waals surface area (Å²) in [6, 6.07) is 6.47. The zero-order chi connectivity index (χ0) is 13.6. The van der Waals surface area contributed by atoms with Crippen molar-refractivity contribution in [2.75, 3.05) is 0 Å². The van der Waals surface area contributed by atoms with Gasteiger partial charge in [-0.25, -0.2) is 18.2 Å². The Morgan fingerprint density at radius 1 is 1.05 bits per heavy atom. The van der Waals surface area contributed by atoms with E-state index in [4.69, 9.17) is 0 Å². The van der Waals surface area contributed by atoms with Crippen molar-refractivity contribution in [3.8, 4) is 11.4 Å². The summed E-state index contributed by atoms with van der Waals surface area (Å²) in [5, 5.41) is 0. The maximum Gasteiger partial charge on any atom is 0.186 e. The van der Waals surface area contributed by atoms with Crippen LogP contribution in [0.5, 0.6) is 0 Å². The Kier molecular flexibility index (Phi) is 2.82. The number of H-pyrrole nitrogens is 1. The molecule has 1 N–H and O–H groups in total. The van der Waals surface area contributed by atoms with Crippen LogP contribution in [0.15, 0.2) is 34.8 Å².